The number of nitrogens with zero attached hydrogens (tertiary/aromatic N) is 1. The molecular formula is C25H34N2O5S. The molecule has 1 amide bonds. The molecule has 1 aliphatic heterocycles. The van der Waals surface area contributed by atoms with Gasteiger partial charge >= 0.3 is 0 Å². The summed E-state index contributed by atoms with van der Waals surface area (Å²) in [5.41, 5.74) is 1.22. The molecule has 2 aromatic rings. The van der Waals surface area contributed by atoms with Crippen LogP contribution < -0.4 is 14.8 Å². The molecule has 1 aliphatic rings. The minimum Gasteiger partial charge on any atom is -0.492 e. The summed E-state index contributed by atoms with van der Waals surface area (Å²) in [4.78, 5) is 12.7. The highest BCUT2D eigenvalue weighted by atomic mass is 32.2. The Morgan fingerprint density at radius 2 is 1.61 bits per heavy atom. The minimum atomic E-state index is -3.45. The van der Waals surface area contributed by atoms with E-state index >= 15 is 0 Å². The van der Waals surface area contributed by atoms with Crippen molar-refractivity contribution in [3.05, 3.63) is 54.1 Å². The van der Waals surface area contributed by atoms with Gasteiger partial charge in [0.25, 0.3) is 5.91 Å². The molecule has 0 aromatic heterocycles. The Morgan fingerprint density at radius 3 is 2.21 bits per heavy atom. The number of rotatable bonds is 11. The molecular weight excluding hydrogens is 440 g/mol. The van der Waals surface area contributed by atoms with Crippen LogP contribution in [0, 0.1) is 0 Å². The van der Waals surface area contributed by atoms with E-state index in [0.29, 0.717) is 37.6 Å². The number of benzene rings is 2. The number of hydrogen-bond donors (Lipinski definition) is 1. The molecule has 0 unspecified atom stereocenters. The van der Waals surface area contributed by atoms with E-state index in [9.17, 15) is 13.2 Å². The van der Waals surface area contributed by atoms with Crippen molar-refractivity contribution in [1.82, 2.24) is 9.62 Å². The lowest BCUT2D eigenvalue weighted by Gasteiger charge is -2.25. The molecule has 3 rings (SSSR count). The molecule has 0 radical (unpaired) electrons. The van der Waals surface area contributed by atoms with E-state index in [1.165, 1.54) is 5.56 Å². The molecule has 1 saturated heterocycles. The van der Waals surface area contributed by atoms with Crippen LogP contribution in [0.5, 0.6) is 11.5 Å². The van der Waals surface area contributed by atoms with Crippen LogP contribution >= 0.6 is 0 Å². The van der Waals surface area contributed by atoms with Crippen molar-refractivity contribution in [3.63, 3.8) is 0 Å². The molecule has 1 atom stereocenters. The van der Waals surface area contributed by atoms with E-state index in [0.717, 1.165) is 25.7 Å². The van der Waals surface area contributed by atoms with E-state index in [-0.39, 0.29) is 17.4 Å². The summed E-state index contributed by atoms with van der Waals surface area (Å²) in [6.07, 6.45) is 3.82. The highest BCUT2D eigenvalue weighted by Gasteiger charge is 2.25. The molecule has 180 valence electrons. The van der Waals surface area contributed by atoms with Gasteiger partial charge in [0.15, 0.2) is 6.10 Å². The highest BCUT2D eigenvalue weighted by Crippen LogP contribution is 2.22. The Kier molecular flexibility index (Phi) is 9.14. The van der Waals surface area contributed by atoms with Gasteiger partial charge in [-0.15, -0.1) is 0 Å². The lowest BCUT2D eigenvalue weighted by Crippen LogP contribution is -2.39. The van der Waals surface area contributed by atoms with Crippen molar-refractivity contribution in [2.75, 3.05) is 26.2 Å². The van der Waals surface area contributed by atoms with Crippen LogP contribution in [0.4, 0.5) is 0 Å². The van der Waals surface area contributed by atoms with E-state index in [4.69, 9.17) is 9.47 Å². The first-order valence-corrected chi connectivity index (χ1v) is 13.1. The summed E-state index contributed by atoms with van der Waals surface area (Å²) in [6.45, 7) is 5.74. The lowest BCUT2D eigenvalue weighted by atomic mass is 10.2. The lowest BCUT2D eigenvalue weighted by molar-refractivity contribution is -0.128. The topological polar surface area (TPSA) is 84.9 Å². The molecule has 0 spiro atoms. The van der Waals surface area contributed by atoms with Gasteiger partial charge < -0.3 is 14.8 Å². The van der Waals surface area contributed by atoms with Gasteiger partial charge in [0.1, 0.15) is 18.1 Å². The highest BCUT2D eigenvalue weighted by molar-refractivity contribution is 7.89. The third-order valence-electron chi connectivity index (χ3n) is 5.72. The molecule has 33 heavy (non-hydrogen) atoms. The molecule has 1 N–H and O–H groups in total. The molecule has 7 nitrogen and oxygen atoms in total. The molecule has 0 bridgehead atoms. The fraction of sp³-hybridized carbons (Fsp3) is 0.480. The van der Waals surface area contributed by atoms with Crippen LogP contribution in [0.15, 0.2) is 53.4 Å². The summed E-state index contributed by atoms with van der Waals surface area (Å²) in [5, 5.41) is 2.83. The summed E-state index contributed by atoms with van der Waals surface area (Å²) in [7, 11) is -3.45. The standard InChI is InChI=1S/C25H34N2O5S/c1-3-20-8-10-22(11-9-20)32-24(4-2)25(28)26-16-19-31-21-12-14-23(15-13-21)33(29,30)27-17-6-5-7-18-27/h8-15,24H,3-7,16-19H2,1-2H3,(H,26,28)/t24-/m0/s1. The van der Waals surface area contributed by atoms with E-state index in [2.05, 4.69) is 12.2 Å². The van der Waals surface area contributed by atoms with Crippen LogP contribution in [0.2, 0.25) is 0 Å². The van der Waals surface area contributed by atoms with Crippen molar-refractivity contribution in [1.29, 1.82) is 0 Å². The summed E-state index contributed by atoms with van der Waals surface area (Å²) in [5.74, 6) is 1.04. The summed E-state index contributed by atoms with van der Waals surface area (Å²) < 4.78 is 38.5. The van der Waals surface area contributed by atoms with Crippen LogP contribution in [0.1, 0.15) is 45.1 Å². The van der Waals surface area contributed by atoms with Gasteiger partial charge in [-0.3, -0.25) is 4.79 Å². The molecule has 0 aliphatic carbocycles. The zero-order valence-corrected chi connectivity index (χ0v) is 20.3. The number of piperidine rings is 1. The maximum Gasteiger partial charge on any atom is 0.261 e. The number of sulfonamides is 1. The van der Waals surface area contributed by atoms with Gasteiger partial charge in [0, 0.05) is 13.1 Å². The predicted octanol–water partition coefficient (Wildman–Crippen LogP) is 3.78. The third-order valence-corrected chi connectivity index (χ3v) is 7.63. The second-order valence-corrected chi connectivity index (χ2v) is 10.0. The van der Waals surface area contributed by atoms with Crippen molar-refractivity contribution in [3.8, 4) is 11.5 Å². The van der Waals surface area contributed by atoms with Gasteiger partial charge in [-0.1, -0.05) is 32.4 Å². The van der Waals surface area contributed by atoms with E-state index in [1.54, 1.807) is 28.6 Å². The molecule has 2 aromatic carbocycles. The van der Waals surface area contributed by atoms with Crippen LogP contribution in [-0.4, -0.2) is 51.0 Å². The fourth-order valence-corrected chi connectivity index (χ4v) is 5.23. The number of amides is 1. The monoisotopic (exact) mass is 474 g/mol. The average molecular weight is 475 g/mol. The SMILES string of the molecule is CCc1ccc(O[C@@H](CC)C(=O)NCCOc2ccc(S(=O)(=O)N3CCCCC3)cc2)cc1. The van der Waals surface area contributed by atoms with Crippen LogP contribution in [0.3, 0.4) is 0 Å². The number of aryl methyl sites for hydroxylation is 1. The van der Waals surface area contributed by atoms with Crippen molar-refractivity contribution >= 4 is 15.9 Å². The van der Waals surface area contributed by atoms with Crippen molar-refractivity contribution in [2.24, 2.45) is 0 Å². The zero-order chi connectivity index (χ0) is 23.7. The largest absolute Gasteiger partial charge is 0.492 e. The Labute approximate surface area is 197 Å². The fourth-order valence-electron chi connectivity index (χ4n) is 3.71. The van der Waals surface area contributed by atoms with E-state index < -0.39 is 16.1 Å². The zero-order valence-electron chi connectivity index (χ0n) is 19.5. The predicted molar refractivity (Wildman–Crippen MR) is 128 cm³/mol. The smallest absolute Gasteiger partial charge is 0.261 e. The van der Waals surface area contributed by atoms with Gasteiger partial charge in [-0.05, 0) is 67.6 Å². The first-order chi connectivity index (χ1) is 15.9. The first kappa shape index (κ1) is 25.1. The van der Waals surface area contributed by atoms with Gasteiger partial charge in [-0.25, -0.2) is 8.42 Å². The van der Waals surface area contributed by atoms with Gasteiger partial charge in [0.05, 0.1) is 11.4 Å². The van der Waals surface area contributed by atoms with Crippen LogP contribution in [0.25, 0.3) is 0 Å². The Morgan fingerprint density at radius 1 is 0.970 bits per heavy atom. The third kappa shape index (κ3) is 6.95. The Hall–Kier alpha value is -2.58. The summed E-state index contributed by atoms with van der Waals surface area (Å²) >= 11 is 0. The van der Waals surface area contributed by atoms with Crippen LogP contribution in [-0.2, 0) is 21.2 Å². The second-order valence-electron chi connectivity index (χ2n) is 8.09. The number of ether oxygens (including phenoxy) is 2. The molecule has 1 heterocycles. The van der Waals surface area contributed by atoms with Crippen molar-refractivity contribution in [2.45, 2.75) is 57.0 Å². The summed E-state index contributed by atoms with van der Waals surface area (Å²) in [6, 6.07) is 14.2. The number of hydrogen-bond acceptors (Lipinski definition) is 5. The number of carbonyl (C=O) groups is 1. The molecule has 8 heteroatoms. The van der Waals surface area contributed by atoms with Crippen molar-refractivity contribution < 1.29 is 22.7 Å². The minimum absolute atomic E-state index is 0.191. The normalized spacial score (nSPS) is 15.6. The maximum atomic E-state index is 12.7. The Bertz CT molecular complexity index is 984. The second kappa shape index (κ2) is 12.0. The maximum absolute atomic E-state index is 12.7. The van der Waals surface area contributed by atoms with Gasteiger partial charge in [0.2, 0.25) is 10.0 Å². The first-order valence-electron chi connectivity index (χ1n) is 11.7. The number of carbonyl (C=O) groups excluding carboxylic acids is 1. The number of nitrogens with one attached hydrogen (secondary N) is 1. The quantitative estimate of drug-likeness (QED) is 0.501. The van der Waals surface area contributed by atoms with Gasteiger partial charge in [-0.2, -0.15) is 4.31 Å². The average Bonchev–Trinajstić information content (AvgIpc) is 2.86. The molecule has 1 fully saturated rings. The van der Waals surface area contributed by atoms with E-state index in [1.807, 2.05) is 31.2 Å². The molecule has 0 saturated carbocycles. The Balaban J connectivity index is 1.44.